The lowest BCUT2D eigenvalue weighted by Crippen LogP contribution is -2.49. The van der Waals surface area contributed by atoms with Crippen LogP contribution in [-0.4, -0.2) is 55.6 Å². The second-order valence-corrected chi connectivity index (χ2v) is 7.82. The summed E-state index contributed by atoms with van der Waals surface area (Å²) in [6, 6.07) is 15.8. The molecule has 2 aromatic carbocycles. The van der Waals surface area contributed by atoms with Crippen molar-refractivity contribution in [3.63, 3.8) is 0 Å². The predicted molar refractivity (Wildman–Crippen MR) is 116 cm³/mol. The molecule has 0 N–H and O–H groups in total. The Morgan fingerprint density at radius 2 is 1.77 bits per heavy atom. The van der Waals surface area contributed by atoms with Crippen LogP contribution in [0, 0.1) is 11.3 Å². The molecule has 0 radical (unpaired) electrons. The number of carbonyl (C=O) groups excluding carboxylic acids is 1. The maximum atomic E-state index is 12.5. The van der Waals surface area contributed by atoms with Crippen LogP contribution in [0.15, 0.2) is 42.5 Å². The zero-order valence-corrected chi connectivity index (χ0v) is 17.9. The molecule has 0 bridgehead atoms. The number of hydrogen-bond acceptors (Lipinski definition) is 5. The van der Waals surface area contributed by atoms with E-state index in [1.54, 1.807) is 18.2 Å². The molecule has 1 heterocycles. The summed E-state index contributed by atoms with van der Waals surface area (Å²) in [5.41, 5.74) is 3.14. The summed E-state index contributed by atoms with van der Waals surface area (Å²) >= 11 is 0. The van der Waals surface area contributed by atoms with E-state index in [0.717, 1.165) is 19.6 Å². The lowest BCUT2D eigenvalue weighted by molar-refractivity contribution is -0.135. The van der Waals surface area contributed by atoms with Gasteiger partial charge in [-0.15, -0.1) is 0 Å². The third-order valence-electron chi connectivity index (χ3n) is 5.42. The first-order valence-corrected chi connectivity index (χ1v) is 10.3. The molecule has 3 rings (SSSR count). The van der Waals surface area contributed by atoms with Crippen molar-refractivity contribution in [2.45, 2.75) is 26.3 Å². The topological polar surface area (TPSA) is 65.8 Å². The zero-order valence-electron chi connectivity index (χ0n) is 17.9. The van der Waals surface area contributed by atoms with Crippen LogP contribution in [0.1, 0.15) is 36.5 Å². The fourth-order valence-corrected chi connectivity index (χ4v) is 3.51. The molecule has 0 unspecified atom stereocenters. The molecule has 1 fully saturated rings. The molecule has 158 valence electrons. The first-order chi connectivity index (χ1) is 14.5. The maximum Gasteiger partial charge on any atom is 0.260 e. The van der Waals surface area contributed by atoms with Gasteiger partial charge in [-0.25, -0.2) is 0 Å². The van der Waals surface area contributed by atoms with Crippen molar-refractivity contribution in [1.82, 2.24) is 9.80 Å². The Morgan fingerprint density at radius 1 is 1.07 bits per heavy atom. The van der Waals surface area contributed by atoms with E-state index >= 15 is 0 Å². The van der Waals surface area contributed by atoms with Gasteiger partial charge in [-0.2, -0.15) is 5.26 Å². The third kappa shape index (κ3) is 5.52. The zero-order chi connectivity index (χ0) is 21.5. The van der Waals surface area contributed by atoms with Crippen molar-refractivity contribution < 1.29 is 14.3 Å². The summed E-state index contributed by atoms with van der Waals surface area (Å²) in [4.78, 5) is 16.8. The van der Waals surface area contributed by atoms with Gasteiger partial charge in [0.05, 0.1) is 18.7 Å². The van der Waals surface area contributed by atoms with Gasteiger partial charge in [-0.3, -0.25) is 9.69 Å². The minimum Gasteiger partial charge on any atom is -0.493 e. The largest absolute Gasteiger partial charge is 0.493 e. The molecular weight excluding hydrogens is 378 g/mol. The number of ether oxygens (including phenoxy) is 2. The Bertz CT molecular complexity index is 895. The van der Waals surface area contributed by atoms with Crippen molar-refractivity contribution in [2.24, 2.45) is 0 Å². The van der Waals surface area contributed by atoms with E-state index < -0.39 is 0 Å². The van der Waals surface area contributed by atoms with E-state index in [1.165, 1.54) is 18.2 Å². The van der Waals surface area contributed by atoms with Crippen LogP contribution < -0.4 is 9.47 Å². The fraction of sp³-hybridized carbons (Fsp3) is 0.417. The van der Waals surface area contributed by atoms with Gasteiger partial charge >= 0.3 is 0 Å². The van der Waals surface area contributed by atoms with Crippen molar-refractivity contribution in [1.29, 1.82) is 5.26 Å². The highest BCUT2D eigenvalue weighted by Crippen LogP contribution is 2.27. The Labute approximate surface area is 178 Å². The number of methoxy groups -OCH3 is 1. The summed E-state index contributed by atoms with van der Waals surface area (Å²) < 4.78 is 10.9. The van der Waals surface area contributed by atoms with Gasteiger partial charge in [-0.1, -0.05) is 38.1 Å². The second kappa shape index (κ2) is 10.1. The quantitative estimate of drug-likeness (QED) is 0.704. The summed E-state index contributed by atoms with van der Waals surface area (Å²) in [6.07, 6.45) is 0. The SMILES string of the molecule is COc1cc(C#N)ccc1OCC(=O)N1CCN(Cc2ccc(C(C)C)cc2)CC1. The molecule has 2 aromatic rings. The van der Waals surface area contributed by atoms with E-state index in [0.29, 0.717) is 36.1 Å². The summed E-state index contributed by atoms with van der Waals surface area (Å²) in [5, 5.41) is 8.97. The molecule has 0 spiro atoms. The van der Waals surface area contributed by atoms with E-state index in [1.807, 2.05) is 4.90 Å². The summed E-state index contributed by atoms with van der Waals surface area (Å²) in [5.74, 6) is 1.42. The minimum atomic E-state index is -0.0427. The van der Waals surface area contributed by atoms with Crippen LogP contribution in [0.4, 0.5) is 0 Å². The van der Waals surface area contributed by atoms with Gasteiger partial charge in [0, 0.05) is 38.8 Å². The van der Waals surface area contributed by atoms with E-state index in [4.69, 9.17) is 14.7 Å². The van der Waals surface area contributed by atoms with Crippen LogP contribution >= 0.6 is 0 Å². The Morgan fingerprint density at radius 3 is 2.37 bits per heavy atom. The van der Waals surface area contributed by atoms with Gasteiger partial charge in [0.2, 0.25) is 0 Å². The highest BCUT2D eigenvalue weighted by Gasteiger charge is 2.22. The predicted octanol–water partition coefficient (Wildman–Crippen LogP) is 3.41. The lowest BCUT2D eigenvalue weighted by atomic mass is 10.0. The molecule has 0 aromatic heterocycles. The average molecular weight is 408 g/mol. The van der Waals surface area contributed by atoms with Crippen LogP contribution in [0.2, 0.25) is 0 Å². The van der Waals surface area contributed by atoms with Gasteiger partial charge in [-0.05, 0) is 29.2 Å². The van der Waals surface area contributed by atoms with Gasteiger partial charge < -0.3 is 14.4 Å². The number of benzene rings is 2. The highest BCUT2D eigenvalue weighted by molar-refractivity contribution is 5.78. The van der Waals surface area contributed by atoms with Gasteiger partial charge in [0.15, 0.2) is 18.1 Å². The number of carbonyl (C=O) groups is 1. The van der Waals surface area contributed by atoms with Crippen molar-refractivity contribution in [3.05, 3.63) is 59.2 Å². The monoisotopic (exact) mass is 407 g/mol. The highest BCUT2D eigenvalue weighted by atomic mass is 16.5. The molecule has 1 saturated heterocycles. The molecule has 1 aliphatic heterocycles. The number of hydrogen-bond donors (Lipinski definition) is 0. The molecule has 6 nitrogen and oxygen atoms in total. The molecule has 0 aliphatic carbocycles. The van der Waals surface area contributed by atoms with Crippen LogP contribution in [0.25, 0.3) is 0 Å². The Balaban J connectivity index is 1.47. The number of rotatable bonds is 7. The average Bonchev–Trinajstić information content (AvgIpc) is 2.78. The van der Waals surface area contributed by atoms with Crippen LogP contribution in [0.3, 0.4) is 0 Å². The number of nitriles is 1. The van der Waals surface area contributed by atoms with Crippen molar-refractivity contribution >= 4 is 5.91 Å². The molecule has 0 saturated carbocycles. The first kappa shape index (κ1) is 21.7. The molecule has 0 atom stereocenters. The lowest BCUT2D eigenvalue weighted by Gasteiger charge is -2.34. The molecule has 30 heavy (non-hydrogen) atoms. The maximum absolute atomic E-state index is 12.5. The van der Waals surface area contributed by atoms with E-state index in [-0.39, 0.29) is 12.5 Å². The number of amides is 1. The normalized spacial score (nSPS) is 14.4. The van der Waals surface area contributed by atoms with Crippen LogP contribution in [0.5, 0.6) is 11.5 Å². The summed E-state index contributed by atoms with van der Waals surface area (Å²) in [7, 11) is 1.51. The molecule has 1 aliphatic rings. The first-order valence-electron chi connectivity index (χ1n) is 10.3. The minimum absolute atomic E-state index is 0.0395. The van der Waals surface area contributed by atoms with Crippen molar-refractivity contribution in [2.75, 3.05) is 39.9 Å². The smallest absolute Gasteiger partial charge is 0.260 e. The van der Waals surface area contributed by atoms with Crippen molar-refractivity contribution in [3.8, 4) is 17.6 Å². The van der Waals surface area contributed by atoms with E-state index in [2.05, 4.69) is 49.1 Å². The number of nitrogens with zero attached hydrogens (tertiary/aromatic N) is 3. The Hall–Kier alpha value is -3.04. The number of piperazine rings is 1. The van der Waals surface area contributed by atoms with Gasteiger partial charge in [0.1, 0.15) is 0 Å². The third-order valence-corrected chi connectivity index (χ3v) is 5.42. The van der Waals surface area contributed by atoms with E-state index in [9.17, 15) is 4.79 Å². The fourth-order valence-electron chi connectivity index (χ4n) is 3.51. The molecule has 6 heteroatoms. The Kier molecular flexibility index (Phi) is 7.31. The van der Waals surface area contributed by atoms with Crippen LogP contribution in [-0.2, 0) is 11.3 Å². The molecule has 1 amide bonds. The second-order valence-electron chi connectivity index (χ2n) is 7.82. The van der Waals surface area contributed by atoms with Gasteiger partial charge in [0.25, 0.3) is 5.91 Å². The standard InChI is InChI=1S/C24H29N3O3/c1-18(2)21-7-4-19(5-8-21)16-26-10-12-27(13-11-26)24(28)17-30-22-9-6-20(15-25)14-23(22)29-3/h4-9,14,18H,10-13,16-17H2,1-3H3. The summed E-state index contributed by atoms with van der Waals surface area (Å²) in [6.45, 7) is 8.33. The molecular formula is C24H29N3O3.